The minimum atomic E-state index is 0.854. The molecule has 0 N–H and O–H groups in total. The van der Waals surface area contributed by atoms with Crippen molar-refractivity contribution in [2.24, 2.45) is 5.92 Å². The average molecular weight is 133 g/mol. The van der Waals surface area contributed by atoms with Crippen molar-refractivity contribution in [1.82, 2.24) is 0 Å². The average Bonchev–Trinajstić information content (AvgIpc) is 2.06. The fraction of sp³-hybridized carbons (Fsp3) is 0.667. The lowest BCUT2D eigenvalue weighted by atomic mass is 9.74. The van der Waals surface area contributed by atoms with Crippen LogP contribution in [0.1, 0.15) is 32.1 Å². The van der Waals surface area contributed by atoms with Crippen molar-refractivity contribution in [3.8, 4) is 6.07 Å². The molecule has 0 radical (unpaired) electrons. The molecule has 0 spiro atoms. The lowest BCUT2D eigenvalue weighted by Gasteiger charge is -2.30. The van der Waals surface area contributed by atoms with Crippen LogP contribution < -0.4 is 0 Å². The molecular weight excluding hydrogens is 122 g/mol. The molecule has 0 amide bonds. The second kappa shape index (κ2) is 2.12. The predicted molar refractivity (Wildman–Crippen MR) is 39.2 cm³/mol. The summed E-state index contributed by atoms with van der Waals surface area (Å²) >= 11 is 0. The zero-order valence-electron chi connectivity index (χ0n) is 6.06. The van der Waals surface area contributed by atoms with Gasteiger partial charge in [-0.05, 0) is 38.0 Å². The maximum absolute atomic E-state index is 8.71. The number of allylic oxidation sites excluding steroid dienone is 2. The molecule has 1 heteroatoms. The van der Waals surface area contributed by atoms with E-state index in [0.29, 0.717) is 0 Å². The van der Waals surface area contributed by atoms with Gasteiger partial charge in [-0.3, -0.25) is 0 Å². The lowest BCUT2D eigenvalue weighted by molar-refractivity contribution is 0.375. The molecule has 3 aliphatic rings. The Balaban J connectivity index is 2.33. The van der Waals surface area contributed by atoms with Crippen LogP contribution in [0.2, 0.25) is 0 Å². The van der Waals surface area contributed by atoms with Gasteiger partial charge in [0.1, 0.15) is 0 Å². The smallest absolute Gasteiger partial charge is 0.0946 e. The first-order valence-corrected chi connectivity index (χ1v) is 4.01. The Morgan fingerprint density at radius 1 is 1.30 bits per heavy atom. The van der Waals surface area contributed by atoms with Gasteiger partial charge in [-0.15, -0.1) is 0 Å². The Kier molecular flexibility index (Phi) is 1.27. The quantitative estimate of drug-likeness (QED) is 0.497. The van der Waals surface area contributed by atoms with Crippen LogP contribution in [0, 0.1) is 17.2 Å². The van der Waals surface area contributed by atoms with Gasteiger partial charge in [-0.1, -0.05) is 5.57 Å². The van der Waals surface area contributed by atoms with E-state index < -0.39 is 0 Å². The van der Waals surface area contributed by atoms with Crippen molar-refractivity contribution in [3.05, 3.63) is 11.1 Å². The summed E-state index contributed by atoms with van der Waals surface area (Å²) in [5.74, 6) is 0.854. The molecule has 0 heterocycles. The SMILES string of the molecule is N#CC1=C2CCC(CC2)C1. The largest absolute Gasteiger partial charge is 0.193 e. The van der Waals surface area contributed by atoms with E-state index in [0.717, 1.165) is 17.9 Å². The third-order valence-corrected chi connectivity index (χ3v) is 2.76. The summed E-state index contributed by atoms with van der Waals surface area (Å²) in [5, 5.41) is 8.71. The molecule has 1 fully saturated rings. The molecule has 0 aliphatic heterocycles. The monoisotopic (exact) mass is 133 g/mol. The van der Waals surface area contributed by atoms with Crippen LogP contribution in [-0.4, -0.2) is 0 Å². The standard InChI is InChI=1S/C9H11N/c10-6-9-5-7-1-3-8(9)4-2-7/h7H,1-5H2. The number of nitriles is 1. The van der Waals surface area contributed by atoms with Crippen LogP contribution in [-0.2, 0) is 0 Å². The first-order chi connectivity index (χ1) is 4.90. The first-order valence-electron chi connectivity index (χ1n) is 4.01. The van der Waals surface area contributed by atoms with Crippen LogP contribution in [0.5, 0.6) is 0 Å². The van der Waals surface area contributed by atoms with Gasteiger partial charge >= 0.3 is 0 Å². The zero-order valence-corrected chi connectivity index (χ0v) is 6.06. The summed E-state index contributed by atoms with van der Waals surface area (Å²) in [6.45, 7) is 0. The maximum Gasteiger partial charge on any atom is 0.0946 e. The van der Waals surface area contributed by atoms with Crippen LogP contribution in [0.15, 0.2) is 11.1 Å². The van der Waals surface area contributed by atoms with E-state index in [1.54, 1.807) is 0 Å². The summed E-state index contributed by atoms with van der Waals surface area (Å²) in [6, 6.07) is 2.31. The van der Waals surface area contributed by atoms with Crippen LogP contribution >= 0.6 is 0 Å². The number of hydrogen-bond donors (Lipinski definition) is 0. The minimum Gasteiger partial charge on any atom is -0.193 e. The van der Waals surface area contributed by atoms with Crippen LogP contribution in [0.3, 0.4) is 0 Å². The Hall–Kier alpha value is -0.770. The molecule has 0 aromatic carbocycles. The summed E-state index contributed by atoms with van der Waals surface area (Å²) < 4.78 is 0. The summed E-state index contributed by atoms with van der Waals surface area (Å²) in [5.41, 5.74) is 2.58. The third-order valence-electron chi connectivity index (χ3n) is 2.76. The van der Waals surface area contributed by atoms with E-state index in [1.807, 2.05) is 0 Å². The molecule has 52 valence electrons. The topological polar surface area (TPSA) is 23.8 Å². The Bertz CT molecular complexity index is 209. The maximum atomic E-state index is 8.71. The van der Waals surface area contributed by atoms with E-state index in [1.165, 1.54) is 31.3 Å². The Morgan fingerprint density at radius 2 is 2.00 bits per heavy atom. The zero-order chi connectivity index (χ0) is 6.97. The summed E-state index contributed by atoms with van der Waals surface area (Å²) in [4.78, 5) is 0. The number of hydrogen-bond acceptors (Lipinski definition) is 1. The summed E-state index contributed by atoms with van der Waals surface area (Å²) in [7, 11) is 0. The molecule has 0 atom stereocenters. The van der Waals surface area contributed by atoms with Crippen molar-refractivity contribution < 1.29 is 0 Å². The van der Waals surface area contributed by atoms with Gasteiger partial charge in [0.05, 0.1) is 6.07 Å². The molecule has 0 saturated heterocycles. The Morgan fingerprint density at radius 3 is 2.30 bits per heavy atom. The number of fused-ring (bicyclic) bond motifs is 3. The fourth-order valence-electron chi connectivity index (χ4n) is 2.09. The molecule has 3 aliphatic carbocycles. The van der Waals surface area contributed by atoms with Gasteiger partial charge in [0.15, 0.2) is 0 Å². The molecule has 0 unspecified atom stereocenters. The van der Waals surface area contributed by atoms with Crippen molar-refractivity contribution in [3.63, 3.8) is 0 Å². The van der Waals surface area contributed by atoms with Gasteiger partial charge < -0.3 is 0 Å². The highest BCUT2D eigenvalue weighted by molar-refractivity contribution is 5.32. The van der Waals surface area contributed by atoms with Crippen LogP contribution in [0.4, 0.5) is 0 Å². The van der Waals surface area contributed by atoms with E-state index in [-0.39, 0.29) is 0 Å². The molecular formula is C9H11N. The first kappa shape index (κ1) is 5.97. The molecule has 1 saturated carbocycles. The van der Waals surface area contributed by atoms with Crippen molar-refractivity contribution >= 4 is 0 Å². The summed E-state index contributed by atoms with van der Waals surface area (Å²) in [6.07, 6.45) is 6.22. The second-order valence-corrected chi connectivity index (χ2v) is 3.34. The van der Waals surface area contributed by atoms with Crippen molar-refractivity contribution in [1.29, 1.82) is 5.26 Å². The highest BCUT2D eigenvalue weighted by Gasteiger charge is 2.26. The van der Waals surface area contributed by atoms with Gasteiger partial charge in [0.25, 0.3) is 0 Å². The van der Waals surface area contributed by atoms with E-state index in [2.05, 4.69) is 6.07 Å². The Labute approximate surface area is 61.4 Å². The van der Waals surface area contributed by atoms with E-state index >= 15 is 0 Å². The molecule has 2 bridgehead atoms. The normalized spacial score (nSPS) is 25.1. The van der Waals surface area contributed by atoms with E-state index in [9.17, 15) is 0 Å². The van der Waals surface area contributed by atoms with Crippen LogP contribution in [0.25, 0.3) is 0 Å². The van der Waals surface area contributed by atoms with Gasteiger partial charge in [0, 0.05) is 5.57 Å². The molecule has 0 aromatic heterocycles. The van der Waals surface area contributed by atoms with Crippen molar-refractivity contribution in [2.75, 3.05) is 0 Å². The molecule has 1 nitrogen and oxygen atoms in total. The molecule has 3 rings (SSSR count). The van der Waals surface area contributed by atoms with E-state index in [4.69, 9.17) is 5.26 Å². The van der Waals surface area contributed by atoms with Gasteiger partial charge in [-0.2, -0.15) is 5.26 Å². The fourth-order valence-corrected chi connectivity index (χ4v) is 2.09. The number of rotatable bonds is 0. The second-order valence-electron chi connectivity index (χ2n) is 3.34. The molecule has 0 aromatic rings. The number of nitrogens with zero attached hydrogens (tertiary/aromatic N) is 1. The minimum absolute atomic E-state index is 0.854. The predicted octanol–water partition coefficient (Wildman–Crippen LogP) is 2.40. The third kappa shape index (κ3) is 0.759. The van der Waals surface area contributed by atoms with Gasteiger partial charge in [0.2, 0.25) is 0 Å². The molecule has 10 heavy (non-hydrogen) atoms. The lowest BCUT2D eigenvalue weighted by Crippen LogP contribution is -2.16. The van der Waals surface area contributed by atoms with Gasteiger partial charge in [-0.25, -0.2) is 0 Å². The highest BCUT2D eigenvalue weighted by atomic mass is 14.3. The highest BCUT2D eigenvalue weighted by Crippen LogP contribution is 2.40. The van der Waals surface area contributed by atoms with Crippen molar-refractivity contribution in [2.45, 2.75) is 32.1 Å².